The van der Waals surface area contributed by atoms with E-state index >= 15 is 0 Å². The van der Waals surface area contributed by atoms with Gasteiger partial charge in [0.1, 0.15) is 11.5 Å². The van der Waals surface area contributed by atoms with Crippen molar-refractivity contribution in [3.05, 3.63) is 54.1 Å². The summed E-state index contributed by atoms with van der Waals surface area (Å²) in [6, 6.07) is 12.4. The molecule has 1 unspecified atom stereocenters. The smallest absolute Gasteiger partial charge is 0.481 e. The van der Waals surface area contributed by atoms with Crippen LogP contribution in [0, 0.1) is 0 Å². The van der Waals surface area contributed by atoms with Crippen LogP contribution in [0.15, 0.2) is 48.5 Å². The molecule has 0 bridgehead atoms. The number of ether oxygens (including phenoxy) is 2. The van der Waals surface area contributed by atoms with E-state index in [1.807, 2.05) is 12.1 Å². The van der Waals surface area contributed by atoms with Gasteiger partial charge in [-0.1, -0.05) is 32.9 Å². The number of hydrogen-bond donors (Lipinski definition) is 1. The maximum Gasteiger partial charge on any atom is 0.573 e. The normalized spacial score (nSPS) is 13.0. The number of hydrogen-bond acceptors (Lipinski definition) is 3. The van der Waals surface area contributed by atoms with E-state index in [0.29, 0.717) is 11.4 Å². The molecule has 1 N–H and O–H groups in total. The van der Waals surface area contributed by atoms with Crippen molar-refractivity contribution in [2.45, 2.75) is 45.6 Å². The summed E-state index contributed by atoms with van der Waals surface area (Å²) in [4.78, 5) is 12.2. The standard InChI is InChI=1S/C20H22F3NO3/c1-13(26-16-9-5-14(6-10-16)19(2,3)4)18(25)24-15-7-11-17(12-8-15)27-20(21,22)23/h5-13H,1-4H3,(H,24,25). The quantitative estimate of drug-likeness (QED) is 0.766. The molecule has 4 nitrogen and oxygen atoms in total. The van der Waals surface area contributed by atoms with Crippen LogP contribution in [0.3, 0.4) is 0 Å². The number of benzene rings is 2. The molecular formula is C20H22F3NO3. The van der Waals surface area contributed by atoms with Gasteiger partial charge in [0.25, 0.3) is 5.91 Å². The van der Waals surface area contributed by atoms with Gasteiger partial charge >= 0.3 is 6.36 Å². The van der Waals surface area contributed by atoms with Crippen molar-refractivity contribution in [2.75, 3.05) is 5.32 Å². The van der Waals surface area contributed by atoms with Crippen LogP contribution in [-0.2, 0) is 10.2 Å². The predicted octanol–water partition coefficient (Wildman–Crippen LogP) is 5.29. The third-order valence-corrected chi connectivity index (χ3v) is 3.76. The van der Waals surface area contributed by atoms with Gasteiger partial charge in [-0.2, -0.15) is 0 Å². The monoisotopic (exact) mass is 381 g/mol. The second-order valence-corrected chi connectivity index (χ2v) is 7.10. The molecule has 0 saturated carbocycles. The topological polar surface area (TPSA) is 47.6 Å². The molecule has 27 heavy (non-hydrogen) atoms. The number of carbonyl (C=O) groups is 1. The summed E-state index contributed by atoms with van der Waals surface area (Å²) in [6.07, 6.45) is -5.54. The highest BCUT2D eigenvalue weighted by atomic mass is 19.4. The van der Waals surface area contributed by atoms with Crippen LogP contribution < -0.4 is 14.8 Å². The molecule has 0 aromatic heterocycles. The van der Waals surface area contributed by atoms with Crippen LogP contribution >= 0.6 is 0 Å². The van der Waals surface area contributed by atoms with Gasteiger partial charge in [-0.05, 0) is 54.3 Å². The van der Waals surface area contributed by atoms with Crippen LogP contribution in [0.1, 0.15) is 33.3 Å². The summed E-state index contributed by atoms with van der Waals surface area (Å²) in [6.45, 7) is 7.89. The summed E-state index contributed by atoms with van der Waals surface area (Å²) >= 11 is 0. The fourth-order valence-electron chi connectivity index (χ4n) is 2.27. The summed E-state index contributed by atoms with van der Waals surface area (Å²) < 4.78 is 45.8. The first-order valence-corrected chi connectivity index (χ1v) is 8.38. The molecule has 0 radical (unpaired) electrons. The highest BCUT2D eigenvalue weighted by Gasteiger charge is 2.31. The van der Waals surface area contributed by atoms with Crippen molar-refractivity contribution in [1.29, 1.82) is 0 Å². The van der Waals surface area contributed by atoms with Gasteiger partial charge in [0.2, 0.25) is 0 Å². The third-order valence-electron chi connectivity index (χ3n) is 3.76. The Morgan fingerprint density at radius 3 is 1.93 bits per heavy atom. The van der Waals surface area contributed by atoms with Gasteiger partial charge in [0, 0.05) is 5.69 Å². The van der Waals surface area contributed by atoms with Gasteiger partial charge < -0.3 is 14.8 Å². The first-order valence-electron chi connectivity index (χ1n) is 8.38. The van der Waals surface area contributed by atoms with Gasteiger partial charge in [0.05, 0.1) is 0 Å². The van der Waals surface area contributed by atoms with Crippen LogP contribution in [0.2, 0.25) is 0 Å². The number of halogens is 3. The average molecular weight is 381 g/mol. The predicted molar refractivity (Wildman–Crippen MR) is 97.0 cm³/mol. The first-order chi connectivity index (χ1) is 12.4. The van der Waals surface area contributed by atoms with Crippen molar-refractivity contribution in [1.82, 2.24) is 0 Å². The fourth-order valence-corrected chi connectivity index (χ4v) is 2.27. The summed E-state index contributed by atoms with van der Waals surface area (Å²) in [7, 11) is 0. The molecule has 146 valence electrons. The molecule has 2 aromatic carbocycles. The Hall–Kier alpha value is -2.70. The van der Waals surface area contributed by atoms with Crippen LogP contribution in [0.4, 0.5) is 18.9 Å². The lowest BCUT2D eigenvalue weighted by Crippen LogP contribution is -2.30. The summed E-state index contributed by atoms with van der Waals surface area (Å²) in [5.41, 5.74) is 1.50. The molecular weight excluding hydrogens is 359 g/mol. The van der Waals surface area contributed by atoms with Crippen LogP contribution in [0.25, 0.3) is 0 Å². The van der Waals surface area contributed by atoms with Crippen molar-refractivity contribution in [3.63, 3.8) is 0 Å². The van der Waals surface area contributed by atoms with E-state index in [9.17, 15) is 18.0 Å². The van der Waals surface area contributed by atoms with Crippen molar-refractivity contribution < 1.29 is 27.4 Å². The van der Waals surface area contributed by atoms with E-state index in [-0.39, 0.29) is 11.2 Å². The molecule has 0 aliphatic heterocycles. The molecule has 2 aromatic rings. The average Bonchev–Trinajstić information content (AvgIpc) is 2.55. The molecule has 0 aliphatic rings. The Morgan fingerprint density at radius 1 is 0.926 bits per heavy atom. The van der Waals surface area contributed by atoms with Gasteiger partial charge in [-0.3, -0.25) is 4.79 Å². The second-order valence-electron chi connectivity index (χ2n) is 7.10. The number of nitrogens with one attached hydrogen (secondary N) is 1. The van der Waals surface area contributed by atoms with Crippen LogP contribution in [0.5, 0.6) is 11.5 Å². The fraction of sp³-hybridized carbons (Fsp3) is 0.350. The Bertz CT molecular complexity index is 763. The number of rotatable bonds is 5. The van der Waals surface area contributed by atoms with E-state index in [0.717, 1.165) is 17.7 Å². The second kappa shape index (κ2) is 7.90. The number of anilines is 1. The molecule has 7 heteroatoms. The van der Waals surface area contributed by atoms with Crippen molar-refractivity contribution in [2.24, 2.45) is 0 Å². The highest BCUT2D eigenvalue weighted by Crippen LogP contribution is 2.26. The van der Waals surface area contributed by atoms with Crippen molar-refractivity contribution in [3.8, 4) is 11.5 Å². The van der Waals surface area contributed by atoms with E-state index in [2.05, 4.69) is 30.8 Å². The van der Waals surface area contributed by atoms with Crippen molar-refractivity contribution >= 4 is 11.6 Å². The molecule has 0 heterocycles. The molecule has 1 atom stereocenters. The summed E-state index contributed by atoms with van der Waals surface area (Å²) in [5.74, 6) is -0.220. The number of alkyl halides is 3. The maximum absolute atomic E-state index is 12.2. The number of amides is 1. The van der Waals surface area contributed by atoms with Gasteiger partial charge in [-0.15, -0.1) is 13.2 Å². The first kappa shape index (κ1) is 20.6. The lowest BCUT2D eigenvalue weighted by Gasteiger charge is -2.20. The molecule has 0 saturated heterocycles. The molecule has 0 fully saturated rings. The largest absolute Gasteiger partial charge is 0.573 e. The molecule has 0 aliphatic carbocycles. The number of carbonyl (C=O) groups excluding carboxylic acids is 1. The maximum atomic E-state index is 12.2. The third kappa shape index (κ3) is 6.51. The Labute approximate surface area is 156 Å². The Balaban J connectivity index is 1.93. The SMILES string of the molecule is CC(Oc1ccc(C(C)(C)C)cc1)C(=O)Nc1ccc(OC(F)(F)F)cc1. The lowest BCUT2D eigenvalue weighted by atomic mass is 9.87. The molecule has 2 rings (SSSR count). The van der Waals surface area contributed by atoms with Gasteiger partial charge in [0.15, 0.2) is 6.10 Å². The highest BCUT2D eigenvalue weighted by molar-refractivity contribution is 5.94. The van der Waals surface area contributed by atoms with E-state index in [1.165, 1.54) is 12.1 Å². The van der Waals surface area contributed by atoms with E-state index in [4.69, 9.17) is 4.74 Å². The van der Waals surface area contributed by atoms with E-state index in [1.54, 1.807) is 19.1 Å². The Kier molecular flexibility index (Phi) is 6.03. The minimum Gasteiger partial charge on any atom is -0.481 e. The molecule has 0 spiro atoms. The van der Waals surface area contributed by atoms with E-state index < -0.39 is 18.4 Å². The minimum atomic E-state index is -4.75. The summed E-state index contributed by atoms with van der Waals surface area (Å²) in [5, 5.41) is 2.59. The zero-order chi connectivity index (χ0) is 20.2. The van der Waals surface area contributed by atoms with Gasteiger partial charge in [-0.25, -0.2) is 0 Å². The molecule has 1 amide bonds. The van der Waals surface area contributed by atoms with Crippen LogP contribution in [-0.4, -0.2) is 18.4 Å². The zero-order valence-corrected chi connectivity index (χ0v) is 15.6. The zero-order valence-electron chi connectivity index (χ0n) is 15.6. The minimum absolute atomic E-state index is 0.0174. The Morgan fingerprint density at radius 2 is 1.44 bits per heavy atom. The lowest BCUT2D eigenvalue weighted by molar-refractivity contribution is -0.274.